The summed E-state index contributed by atoms with van der Waals surface area (Å²) in [5.41, 5.74) is 1.72. The largest absolute Gasteiger partial charge is 0.481 e. The molecule has 1 atom stereocenters. The number of carboxylic acid groups (broad SMARTS) is 1. The Balaban J connectivity index is 1.96. The van der Waals surface area contributed by atoms with Gasteiger partial charge in [-0.15, -0.1) is 0 Å². The number of halogens is 2. The molecule has 0 fully saturated rings. The number of carbonyl (C=O) groups excluding carboxylic acids is 1. The van der Waals surface area contributed by atoms with E-state index in [0.717, 1.165) is 5.56 Å². The quantitative estimate of drug-likeness (QED) is 0.724. The molecule has 2 rings (SSSR count). The van der Waals surface area contributed by atoms with Crippen LogP contribution in [0.3, 0.4) is 0 Å². The Kier molecular flexibility index (Phi) is 7.29. The topological polar surface area (TPSA) is 66.4 Å². The number of aryl methyl sites for hydroxylation is 1. The zero-order chi connectivity index (χ0) is 18.2. The van der Waals surface area contributed by atoms with Crippen LogP contribution in [0.4, 0.5) is 0 Å². The van der Waals surface area contributed by atoms with Crippen LogP contribution in [0.25, 0.3) is 0 Å². The van der Waals surface area contributed by atoms with Gasteiger partial charge in [-0.1, -0.05) is 65.7 Å². The van der Waals surface area contributed by atoms with E-state index in [9.17, 15) is 9.59 Å². The number of nitrogens with one attached hydrogen (secondary N) is 1. The maximum Gasteiger partial charge on any atom is 0.305 e. The molecule has 2 aromatic rings. The maximum atomic E-state index is 12.3. The third-order valence-corrected chi connectivity index (χ3v) is 4.65. The molecule has 0 saturated heterocycles. The number of aliphatic carboxylic acids is 1. The monoisotopic (exact) mass is 379 g/mol. The molecule has 2 aromatic carbocycles. The Morgan fingerprint density at radius 3 is 2.44 bits per heavy atom. The third kappa shape index (κ3) is 6.40. The van der Waals surface area contributed by atoms with Gasteiger partial charge in [0, 0.05) is 6.04 Å². The van der Waals surface area contributed by atoms with Crippen LogP contribution in [0.2, 0.25) is 10.0 Å². The molecule has 0 spiro atoms. The van der Waals surface area contributed by atoms with Gasteiger partial charge in [-0.3, -0.25) is 9.59 Å². The summed E-state index contributed by atoms with van der Waals surface area (Å²) in [6, 6.07) is 14.4. The molecule has 132 valence electrons. The normalized spacial score (nSPS) is 11.8. The first-order valence-electron chi connectivity index (χ1n) is 7.93. The predicted molar refractivity (Wildman–Crippen MR) is 99.1 cm³/mol. The summed E-state index contributed by atoms with van der Waals surface area (Å²) in [5.74, 6) is -1.22. The van der Waals surface area contributed by atoms with Crippen LogP contribution in [0, 0.1) is 0 Å². The van der Waals surface area contributed by atoms with E-state index in [4.69, 9.17) is 28.3 Å². The lowest BCUT2D eigenvalue weighted by Gasteiger charge is -2.17. The smallest absolute Gasteiger partial charge is 0.305 e. The van der Waals surface area contributed by atoms with Crippen molar-refractivity contribution in [2.75, 3.05) is 0 Å². The van der Waals surface area contributed by atoms with E-state index in [2.05, 4.69) is 5.32 Å². The van der Waals surface area contributed by atoms with Gasteiger partial charge in [-0.05, 0) is 30.0 Å². The first-order valence-corrected chi connectivity index (χ1v) is 8.69. The van der Waals surface area contributed by atoms with Gasteiger partial charge in [-0.25, -0.2) is 0 Å². The summed E-state index contributed by atoms with van der Waals surface area (Å²) >= 11 is 12.0. The molecular weight excluding hydrogens is 361 g/mol. The van der Waals surface area contributed by atoms with Gasteiger partial charge in [0.05, 0.1) is 22.9 Å². The lowest BCUT2D eigenvalue weighted by atomic mass is 10.0. The minimum absolute atomic E-state index is 0.0564. The summed E-state index contributed by atoms with van der Waals surface area (Å²) in [6.45, 7) is 0. The number of hydrogen-bond donors (Lipinski definition) is 2. The van der Waals surface area contributed by atoms with E-state index < -0.39 is 12.0 Å². The van der Waals surface area contributed by atoms with Gasteiger partial charge in [0.1, 0.15) is 0 Å². The van der Waals surface area contributed by atoms with E-state index in [1.165, 1.54) is 0 Å². The van der Waals surface area contributed by atoms with Gasteiger partial charge in [0.25, 0.3) is 0 Å². The Morgan fingerprint density at radius 2 is 1.76 bits per heavy atom. The standard InChI is InChI=1S/C19H19Cl2NO3/c20-16-8-4-7-14(19(16)21)11-17(23)22-15(12-18(24)25)10-9-13-5-2-1-3-6-13/h1-8,15H,9-12H2,(H,22,23)(H,24,25)/t15-/m1/s1. The molecule has 0 bridgehead atoms. The highest BCUT2D eigenvalue weighted by molar-refractivity contribution is 6.42. The fraction of sp³-hybridized carbons (Fsp3) is 0.263. The first-order chi connectivity index (χ1) is 12.0. The van der Waals surface area contributed by atoms with Gasteiger partial charge < -0.3 is 10.4 Å². The van der Waals surface area contributed by atoms with E-state index in [1.54, 1.807) is 18.2 Å². The van der Waals surface area contributed by atoms with E-state index >= 15 is 0 Å². The van der Waals surface area contributed by atoms with Crippen molar-refractivity contribution in [2.45, 2.75) is 31.7 Å². The van der Waals surface area contributed by atoms with Crippen LogP contribution < -0.4 is 5.32 Å². The Bertz CT molecular complexity index is 735. The molecule has 0 aliphatic carbocycles. The molecule has 1 amide bonds. The number of benzene rings is 2. The summed E-state index contributed by atoms with van der Waals surface area (Å²) in [6.07, 6.45) is 1.17. The van der Waals surface area contributed by atoms with Gasteiger partial charge in [-0.2, -0.15) is 0 Å². The Hall–Kier alpha value is -2.04. The molecule has 0 radical (unpaired) electrons. The van der Waals surface area contributed by atoms with Crippen molar-refractivity contribution >= 4 is 35.1 Å². The van der Waals surface area contributed by atoms with E-state index in [0.29, 0.717) is 28.5 Å². The summed E-state index contributed by atoms with van der Waals surface area (Å²) in [5, 5.41) is 12.6. The van der Waals surface area contributed by atoms with Crippen LogP contribution in [0.5, 0.6) is 0 Å². The van der Waals surface area contributed by atoms with Crippen molar-refractivity contribution in [3.8, 4) is 0 Å². The average Bonchev–Trinajstić information content (AvgIpc) is 2.57. The number of carboxylic acids is 1. The van der Waals surface area contributed by atoms with Gasteiger partial charge in [0.2, 0.25) is 5.91 Å². The summed E-state index contributed by atoms with van der Waals surface area (Å²) in [7, 11) is 0. The molecule has 0 saturated carbocycles. The molecule has 0 unspecified atom stereocenters. The van der Waals surface area contributed by atoms with Crippen LogP contribution >= 0.6 is 23.2 Å². The Morgan fingerprint density at radius 1 is 1.04 bits per heavy atom. The first kappa shape index (κ1) is 19.3. The minimum atomic E-state index is -0.945. The molecular formula is C19H19Cl2NO3. The third-order valence-electron chi connectivity index (χ3n) is 3.79. The molecule has 25 heavy (non-hydrogen) atoms. The second kappa shape index (κ2) is 9.44. The second-order valence-electron chi connectivity index (χ2n) is 5.78. The molecule has 0 aliphatic rings. The van der Waals surface area contributed by atoms with Crippen LogP contribution in [-0.4, -0.2) is 23.0 Å². The SMILES string of the molecule is O=C(O)C[C@@H](CCc1ccccc1)NC(=O)Cc1cccc(Cl)c1Cl. The average molecular weight is 380 g/mol. The van der Waals surface area contributed by atoms with Crippen molar-refractivity contribution < 1.29 is 14.7 Å². The molecule has 4 nitrogen and oxygen atoms in total. The highest BCUT2D eigenvalue weighted by Crippen LogP contribution is 2.25. The molecule has 6 heteroatoms. The van der Waals surface area contributed by atoms with Crippen LogP contribution in [0.15, 0.2) is 48.5 Å². The van der Waals surface area contributed by atoms with Crippen molar-refractivity contribution in [3.05, 3.63) is 69.7 Å². The van der Waals surface area contributed by atoms with Crippen molar-refractivity contribution in [2.24, 2.45) is 0 Å². The number of amides is 1. The predicted octanol–water partition coefficient (Wildman–Crippen LogP) is 4.13. The number of rotatable bonds is 8. The lowest BCUT2D eigenvalue weighted by molar-refractivity contribution is -0.137. The van der Waals surface area contributed by atoms with E-state index in [-0.39, 0.29) is 18.7 Å². The second-order valence-corrected chi connectivity index (χ2v) is 6.56. The van der Waals surface area contributed by atoms with E-state index in [1.807, 2.05) is 30.3 Å². The van der Waals surface area contributed by atoms with Crippen molar-refractivity contribution in [1.29, 1.82) is 0 Å². The Labute approximate surface area is 156 Å². The van der Waals surface area contributed by atoms with Crippen molar-refractivity contribution in [3.63, 3.8) is 0 Å². The maximum absolute atomic E-state index is 12.3. The molecule has 0 aromatic heterocycles. The van der Waals surface area contributed by atoms with Crippen LogP contribution in [0.1, 0.15) is 24.0 Å². The number of carbonyl (C=O) groups is 2. The van der Waals surface area contributed by atoms with Gasteiger partial charge in [0.15, 0.2) is 0 Å². The highest BCUT2D eigenvalue weighted by Gasteiger charge is 2.17. The lowest BCUT2D eigenvalue weighted by Crippen LogP contribution is -2.37. The highest BCUT2D eigenvalue weighted by atomic mass is 35.5. The molecule has 0 aliphatic heterocycles. The molecule has 0 heterocycles. The summed E-state index contributed by atoms with van der Waals surface area (Å²) < 4.78 is 0. The van der Waals surface area contributed by atoms with Gasteiger partial charge >= 0.3 is 5.97 Å². The molecule has 2 N–H and O–H groups in total. The summed E-state index contributed by atoms with van der Waals surface area (Å²) in [4.78, 5) is 23.3. The zero-order valence-electron chi connectivity index (χ0n) is 13.5. The minimum Gasteiger partial charge on any atom is -0.481 e. The van der Waals surface area contributed by atoms with Crippen molar-refractivity contribution in [1.82, 2.24) is 5.32 Å². The number of hydrogen-bond acceptors (Lipinski definition) is 2. The zero-order valence-corrected chi connectivity index (χ0v) is 15.1. The fourth-order valence-corrected chi connectivity index (χ4v) is 2.95. The fourth-order valence-electron chi connectivity index (χ4n) is 2.56. The van der Waals surface area contributed by atoms with Crippen LogP contribution in [-0.2, 0) is 22.4 Å².